The molecule has 0 fully saturated rings. The molecule has 1 spiro atoms. The van der Waals surface area contributed by atoms with Gasteiger partial charge in [-0.05, 0) is 122 Å². The Labute approximate surface area is 408 Å². The van der Waals surface area contributed by atoms with Crippen LogP contribution in [-0.4, -0.2) is 4.57 Å². The van der Waals surface area contributed by atoms with Crippen molar-refractivity contribution in [1.82, 2.24) is 4.57 Å². The molecule has 70 heavy (non-hydrogen) atoms. The monoisotopic (exact) mass is 899 g/mol. The lowest BCUT2D eigenvalue weighted by atomic mass is 9.85. The van der Waals surface area contributed by atoms with Crippen molar-refractivity contribution in [3.63, 3.8) is 0 Å². The van der Waals surface area contributed by atoms with Gasteiger partial charge in [-0.1, -0.05) is 178 Å². The summed E-state index contributed by atoms with van der Waals surface area (Å²) in [6, 6.07) is 80.3. The van der Waals surface area contributed by atoms with E-state index in [0.717, 1.165) is 72.9 Å². The predicted octanol–water partition coefficient (Wildman–Crippen LogP) is 15.4. The zero-order valence-electron chi connectivity index (χ0n) is 39.6. The number of aromatic nitrogens is 3. The van der Waals surface area contributed by atoms with Gasteiger partial charge in [0.15, 0.2) is 17.2 Å². The number of aryl methyl sites for hydroxylation is 1. The van der Waals surface area contributed by atoms with Crippen molar-refractivity contribution in [3.8, 4) is 101 Å². The number of rotatable bonds is 6. The van der Waals surface area contributed by atoms with Gasteiger partial charge >= 0.3 is 11.7 Å². The van der Waals surface area contributed by atoms with Crippen LogP contribution in [-0.2, 0) is 11.3 Å². The molecule has 0 amide bonds. The molecule has 2 aromatic heterocycles. The molecule has 9 aromatic carbocycles. The molecular formula is C66H49N3O+2. The number of hydrogen-bond acceptors (Lipinski definition) is 1. The molecule has 4 nitrogen and oxygen atoms in total. The molecule has 5 heterocycles. The zero-order valence-corrected chi connectivity index (χ0v) is 39.6. The summed E-state index contributed by atoms with van der Waals surface area (Å²) >= 11 is 0. The summed E-state index contributed by atoms with van der Waals surface area (Å²) in [6.45, 7) is 9.10. The van der Waals surface area contributed by atoms with E-state index in [1.54, 1.807) is 0 Å². The van der Waals surface area contributed by atoms with E-state index < -0.39 is 5.85 Å². The maximum absolute atomic E-state index is 7.77. The number of benzene rings is 9. The van der Waals surface area contributed by atoms with Crippen molar-refractivity contribution in [1.29, 1.82) is 0 Å². The highest BCUT2D eigenvalue weighted by Gasteiger charge is 2.68. The largest absolute Gasteiger partial charge is 0.499 e. The smallest absolute Gasteiger partial charge is 0.392 e. The van der Waals surface area contributed by atoms with E-state index in [4.69, 9.17) is 4.74 Å². The lowest BCUT2D eigenvalue weighted by Crippen LogP contribution is -2.78. The van der Waals surface area contributed by atoms with Crippen LogP contribution in [0.3, 0.4) is 0 Å². The standard InChI is InChI=1S/C66H49N3O/c1-42-37-60(55(47-21-12-7-13-22-47)41-54(42)48-31-33-51(34-32-48)65(2,3)4)68-58-25-16-24-52-56-38-50(44-19-10-6-11-20-44)39-57-59-40-49(46-29-27-45(28-30-46)43-17-8-5-9-18-43)35-36-67(59)66(62(56)57)69(63(52)58)64(68)53-23-14-15-26-61(53)70-66/h5-41H,1-4H3/q+2. The maximum atomic E-state index is 7.77. The van der Waals surface area contributed by atoms with Crippen molar-refractivity contribution in [2.75, 3.05) is 0 Å². The van der Waals surface area contributed by atoms with Crippen LogP contribution < -0.4 is 13.9 Å². The minimum Gasteiger partial charge on any atom is -0.392 e. The molecule has 3 aliphatic heterocycles. The third kappa shape index (κ3) is 5.83. The summed E-state index contributed by atoms with van der Waals surface area (Å²) in [7, 11) is 0. The Morgan fingerprint density at radius 2 is 1.01 bits per heavy atom. The van der Waals surface area contributed by atoms with Gasteiger partial charge in [-0.15, -0.1) is 9.13 Å². The summed E-state index contributed by atoms with van der Waals surface area (Å²) < 4.78 is 15.2. The molecule has 11 aromatic rings. The SMILES string of the molecule is Cc1cc(-n2c3[n+]4c5c(cccc52)-c2cc(-c5ccccc5)cc5c2C4(Oc2ccccc2-3)[n+]2ccc(-c3ccc(-c4ccccc4)cc3)cc2-5)c(-c2ccccc2)cc1-c1ccc(C(C)(C)C)cc1. The van der Waals surface area contributed by atoms with Gasteiger partial charge in [-0.2, -0.15) is 4.57 Å². The normalized spacial score (nSPS) is 14.7. The van der Waals surface area contributed by atoms with Crippen LogP contribution in [0.5, 0.6) is 5.75 Å². The Balaban J connectivity index is 1.06. The Morgan fingerprint density at radius 1 is 0.443 bits per heavy atom. The second kappa shape index (κ2) is 14.9. The number of nitrogens with zero attached hydrogens (tertiary/aromatic N) is 3. The molecule has 332 valence electrons. The summed E-state index contributed by atoms with van der Waals surface area (Å²) in [4.78, 5) is 0. The summed E-state index contributed by atoms with van der Waals surface area (Å²) in [5.74, 6) is 0.838. The predicted molar refractivity (Wildman–Crippen MR) is 284 cm³/mol. The number of ether oxygens (including phenoxy) is 1. The van der Waals surface area contributed by atoms with Gasteiger partial charge < -0.3 is 4.74 Å². The topological polar surface area (TPSA) is 21.9 Å². The second-order valence-electron chi connectivity index (χ2n) is 20.2. The van der Waals surface area contributed by atoms with E-state index >= 15 is 0 Å². The van der Waals surface area contributed by atoms with Crippen molar-refractivity contribution in [3.05, 3.63) is 241 Å². The fourth-order valence-electron chi connectivity index (χ4n) is 11.7. The number of pyridine rings is 1. The van der Waals surface area contributed by atoms with Crippen molar-refractivity contribution in [2.24, 2.45) is 0 Å². The molecular weight excluding hydrogens is 851 g/mol. The zero-order chi connectivity index (χ0) is 46.9. The maximum Gasteiger partial charge on any atom is 0.499 e. The van der Waals surface area contributed by atoms with E-state index in [1.807, 2.05) is 0 Å². The molecule has 0 bridgehead atoms. The highest BCUT2D eigenvalue weighted by Crippen LogP contribution is 2.55. The fourth-order valence-corrected chi connectivity index (χ4v) is 11.7. The number of para-hydroxylation sites is 2. The number of hydrogen-bond donors (Lipinski definition) is 0. The van der Waals surface area contributed by atoms with Crippen LogP contribution in [0.15, 0.2) is 225 Å². The molecule has 1 atom stereocenters. The van der Waals surface area contributed by atoms with Crippen LogP contribution in [0, 0.1) is 6.92 Å². The van der Waals surface area contributed by atoms with Gasteiger partial charge in [0.2, 0.25) is 5.69 Å². The van der Waals surface area contributed by atoms with Gasteiger partial charge in [0, 0.05) is 28.8 Å². The first kappa shape index (κ1) is 40.5. The minimum absolute atomic E-state index is 0.0673. The molecule has 3 aliphatic rings. The van der Waals surface area contributed by atoms with E-state index in [-0.39, 0.29) is 5.41 Å². The van der Waals surface area contributed by atoms with Gasteiger partial charge in [0.1, 0.15) is 22.6 Å². The molecule has 14 rings (SSSR count). The molecule has 0 aliphatic carbocycles. The third-order valence-corrected chi connectivity index (χ3v) is 15.1. The molecule has 1 unspecified atom stereocenters. The molecule has 0 saturated heterocycles. The molecule has 0 saturated carbocycles. The molecule has 0 N–H and O–H groups in total. The van der Waals surface area contributed by atoms with Crippen LogP contribution in [0.1, 0.15) is 37.5 Å². The Hall–Kier alpha value is -8.60. The van der Waals surface area contributed by atoms with Crippen molar-refractivity contribution < 1.29 is 13.9 Å². The lowest BCUT2D eigenvalue weighted by molar-refractivity contribution is -0.997. The Morgan fingerprint density at radius 3 is 1.71 bits per heavy atom. The van der Waals surface area contributed by atoms with E-state index in [0.29, 0.717) is 0 Å². The average Bonchev–Trinajstić information content (AvgIpc) is 3.90. The first-order chi connectivity index (χ1) is 34.2. The van der Waals surface area contributed by atoms with Gasteiger partial charge in [-0.3, -0.25) is 0 Å². The second-order valence-corrected chi connectivity index (χ2v) is 20.2. The van der Waals surface area contributed by atoms with Crippen molar-refractivity contribution in [2.45, 2.75) is 39.0 Å². The van der Waals surface area contributed by atoms with E-state index in [9.17, 15) is 0 Å². The fraction of sp³-hybridized carbons (Fsp3) is 0.0909. The first-order valence-corrected chi connectivity index (χ1v) is 24.4. The van der Waals surface area contributed by atoms with Crippen LogP contribution in [0.4, 0.5) is 0 Å². The number of imidazole rings is 1. The summed E-state index contributed by atoms with van der Waals surface area (Å²) in [5.41, 5.74) is 24.6. The van der Waals surface area contributed by atoms with Crippen LogP contribution in [0.2, 0.25) is 0 Å². The third-order valence-electron chi connectivity index (χ3n) is 15.1. The summed E-state index contributed by atoms with van der Waals surface area (Å²) in [5, 5.41) is 0. The Kier molecular flexibility index (Phi) is 8.64. The van der Waals surface area contributed by atoms with Gasteiger partial charge in [0.25, 0.3) is 0 Å². The minimum atomic E-state index is -1.08. The highest BCUT2D eigenvalue weighted by atomic mass is 16.5. The van der Waals surface area contributed by atoms with Crippen molar-refractivity contribution >= 4 is 11.0 Å². The molecule has 0 radical (unpaired) electrons. The summed E-state index contributed by atoms with van der Waals surface area (Å²) in [6.07, 6.45) is 2.27. The first-order valence-electron chi connectivity index (χ1n) is 24.4. The lowest BCUT2D eigenvalue weighted by Gasteiger charge is -2.32. The van der Waals surface area contributed by atoms with E-state index in [1.165, 1.54) is 55.6 Å². The van der Waals surface area contributed by atoms with E-state index in [2.05, 4.69) is 266 Å². The average molecular weight is 900 g/mol. The molecule has 4 heteroatoms. The number of fused-ring (bicyclic) bond motifs is 5. The quantitative estimate of drug-likeness (QED) is 0.152. The van der Waals surface area contributed by atoms with Gasteiger partial charge in [0.05, 0.1) is 5.56 Å². The van der Waals surface area contributed by atoms with Crippen LogP contribution in [0.25, 0.3) is 106 Å². The highest BCUT2D eigenvalue weighted by molar-refractivity contribution is 6.00. The Bertz CT molecular complexity index is 3920. The van der Waals surface area contributed by atoms with Gasteiger partial charge in [-0.25, -0.2) is 0 Å². The van der Waals surface area contributed by atoms with Crippen LogP contribution >= 0.6 is 0 Å².